The van der Waals surface area contributed by atoms with Crippen LogP contribution in [0, 0.1) is 0 Å². The fourth-order valence-corrected chi connectivity index (χ4v) is 5.44. The van der Waals surface area contributed by atoms with Gasteiger partial charge in [0.1, 0.15) is 6.42 Å². The largest absolute Gasteiger partial charge is 0.481 e. The van der Waals surface area contributed by atoms with E-state index in [1.54, 1.807) is 0 Å². The first-order chi connectivity index (χ1) is 18.1. The number of hydrogen-bond acceptors (Lipinski definition) is 2. The van der Waals surface area contributed by atoms with Crippen molar-refractivity contribution in [2.75, 3.05) is 6.54 Å². The van der Waals surface area contributed by atoms with Crippen LogP contribution in [0.2, 0.25) is 0 Å². The van der Waals surface area contributed by atoms with Gasteiger partial charge in [0.2, 0.25) is 5.69 Å². The minimum absolute atomic E-state index is 0.0699. The molecule has 4 nitrogen and oxygen atoms in total. The molecule has 5 rings (SSSR count). The van der Waals surface area contributed by atoms with Crippen molar-refractivity contribution < 1.29 is 14.5 Å². The zero-order chi connectivity index (χ0) is 25.7. The van der Waals surface area contributed by atoms with Gasteiger partial charge >= 0.3 is 5.97 Å². The molecule has 1 heterocycles. The summed E-state index contributed by atoms with van der Waals surface area (Å²) >= 11 is 0. The third-order valence-electron chi connectivity index (χ3n) is 7.07. The highest BCUT2D eigenvalue weighted by Crippen LogP contribution is 2.46. The Labute approximate surface area is 218 Å². The Morgan fingerprint density at radius 2 is 1.62 bits per heavy atom. The Morgan fingerprint density at radius 3 is 2.38 bits per heavy atom. The van der Waals surface area contributed by atoms with Gasteiger partial charge in [-0.3, -0.25) is 9.79 Å². The number of hydrogen-bond donors (Lipinski definition) is 1. The van der Waals surface area contributed by atoms with Crippen LogP contribution < -0.4 is 0 Å². The van der Waals surface area contributed by atoms with Crippen molar-refractivity contribution in [2.45, 2.75) is 31.6 Å². The topological polar surface area (TPSA) is 52.7 Å². The van der Waals surface area contributed by atoms with Gasteiger partial charge < -0.3 is 5.11 Å². The highest BCUT2D eigenvalue weighted by molar-refractivity contribution is 6.08. The molecule has 0 aromatic heterocycles. The number of aliphatic imine (C=N–C) groups is 1. The molecule has 4 aromatic carbocycles. The SMILES string of the molecule is CC1(Cc2ccccc2)C(/C=C/CC=Nc2ccccc2)=[N+](CCC(=O)O)c2ccc3ccccc3c21. The number of nitrogens with zero attached hydrogens (tertiary/aromatic N) is 2. The molecule has 0 saturated carbocycles. The number of carboxylic acids is 1. The van der Waals surface area contributed by atoms with Gasteiger partial charge in [-0.15, -0.1) is 0 Å². The van der Waals surface area contributed by atoms with Crippen LogP contribution in [0.25, 0.3) is 10.8 Å². The maximum absolute atomic E-state index is 11.6. The summed E-state index contributed by atoms with van der Waals surface area (Å²) in [4.78, 5) is 16.2. The first kappa shape index (κ1) is 24.4. The van der Waals surface area contributed by atoms with E-state index in [0.717, 1.165) is 23.5 Å². The maximum Gasteiger partial charge on any atom is 0.309 e. The molecule has 0 spiro atoms. The second-order valence-electron chi connectivity index (χ2n) is 9.64. The number of aliphatic carboxylic acids is 1. The first-order valence-electron chi connectivity index (χ1n) is 12.7. The van der Waals surface area contributed by atoms with Crippen LogP contribution in [0.5, 0.6) is 0 Å². The van der Waals surface area contributed by atoms with Crippen LogP contribution in [0.1, 0.15) is 30.9 Å². The predicted molar refractivity (Wildman–Crippen MR) is 152 cm³/mol. The Morgan fingerprint density at radius 1 is 0.919 bits per heavy atom. The summed E-state index contributed by atoms with van der Waals surface area (Å²) in [5.41, 5.74) is 5.33. The number of fused-ring (bicyclic) bond motifs is 3. The molecule has 0 saturated heterocycles. The van der Waals surface area contributed by atoms with Crippen molar-refractivity contribution in [3.05, 3.63) is 120 Å². The molecule has 0 amide bonds. The molecule has 1 N–H and O–H groups in total. The molecule has 1 atom stereocenters. The highest BCUT2D eigenvalue weighted by Gasteiger charge is 2.48. The van der Waals surface area contributed by atoms with Crippen molar-refractivity contribution in [1.82, 2.24) is 0 Å². The summed E-state index contributed by atoms with van der Waals surface area (Å²) in [7, 11) is 0. The quantitative estimate of drug-likeness (QED) is 0.199. The lowest BCUT2D eigenvalue weighted by Gasteiger charge is -2.24. The molecule has 0 fully saturated rings. The minimum atomic E-state index is -0.794. The van der Waals surface area contributed by atoms with Crippen LogP contribution in [-0.2, 0) is 16.6 Å². The smallest absolute Gasteiger partial charge is 0.309 e. The van der Waals surface area contributed by atoms with Gasteiger partial charge in [0.15, 0.2) is 12.3 Å². The van der Waals surface area contributed by atoms with Crippen LogP contribution in [0.15, 0.2) is 114 Å². The lowest BCUT2D eigenvalue weighted by Crippen LogP contribution is -2.34. The van der Waals surface area contributed by atoms with Crippen molar-refractivity contribution >= 4 is 40.0 Å². The third kappa shape index (κ3) is 5.14. The van der Waals surface area contributed by atoms with Crippen molar-refractivity contribution in [1.29, 1.82) is 0 Å². The number of rotatable bonds is 9. The first-order valence-corrected chi connectivity index (χ1v) is 12.7. The van der Waals surface area contributed by atoms with Crippen molar-refractivity contribution in [3.8, 4) is 0 Å². The van der Waals surface area contributed by atoms with Gasteiger partial charge in [0, 0.05) is 30.3 Å². The van der Waals surface area contributed by atoms with E-state index in [0.29, 0.717) is 13.0 Å². The summed E-state index contributed by atoms with van der Waals surface area (Å²) in [6, 6.07) is 33.2. The Bertz CT molecular complexity index is 1500. The number of carboxylic acid groups (broad SMARTS) is 1. The summed E-state index contributed by atoms with van der Waals surface area (Å²) in [6.07, 6.45) is 7.80. The number of benzene rings is 4. The molecular formula is C33H31N2O2+. The Hall–Kier alpha value is -4.31. The molecule has 37 heavy (non-hydrogen) atoms. The zero-order valence-corrected chi connectivity index (χ0v) is 21.0. The lowest BCUT2D eigenvalue weighted by molar-refractivity contribution is -0.436. The predicted octanol–water partition coefficient (Wildman–Crippen LogP) is 7.26. The molecule has 4 aromatic rings. The van der Waals surface area contributed by atoms with E-state index in [9.17, 15) is 9.90 Å². The van der Waals surface area contributed by atoms with Crippen LogP contribution >= 0.6 is 0 Å². The van der Waals surface area contributed by atoms with Gasteiger partial charge in [-0.2, -0.15) is 4.58 Å². The molecule has 1 aliphatic heterocycles. The fourth-order valence-electron chi connectivity index (χ4n) is 5.44. The van der Waals surface area contributed by atoms with E-state index in [1.165, 1.54) is 21.9 Å². The number of para-hydroxylation sites is 1. The fraction of sp³-hybridized carbons (Fsp3) is 0.182. The summed E-state index contributed by atoms with van der Waals surface area (Å²) in [5, 5.41) is 11.9. The van der Waals surface area contributed by atoms with E-state index in [-0.39, 0.29) is 11.8 Å². The average molecular weight is 488 g/mol. The van der Waals surface area contributed by atoms with Crippen LogP contribution in [0.4, 0.5) is 11.4 Å². The summed E-state index contributed by atoms with van der Waals surface area (Å²) < 4.78 is 2.21. The number of carbonyl (C=O) groups is 1. The Balaban J connectivity index is 1.59. The van der Waals surface area contributed by atoms with Crippen LogP contribution in [-0.4, -0.2) is 34.1 Å². The van der Waals surface area contributed by atoms with Gasteiger partial charge in [0.05, 0.1) is 11.1 Å². The normalized spacial score (nSPS) is 17.2. The van der Waals surface area contributed by atoms with Gasteiger partial charge in [-0.25, -0.2) is 0 Å². The molecule has 0 aliphatic carbocycles. The van der Waals surface area contributed by atoms with E-state index in [1.807, 2.05) is 42.6 Å². The van der Waals surface area contributed by atoms with Crippen molar-refractivity contribution in [2.24, 2.45) is 4.99 Å². The molecule has 1 unspecified atom stereocenters. The van der Waals surface area contributed by atoms with Gasteiger partial charge in [0.25, 0.3) is 0 Å². The van der Waals surface area contributed by atoms with Gasteiger partial charge in [-0.1, -0.05) is 78.9 Å². The van der Waals surface area contributed by atoms with Crippen molar-refractivity contribution in [3.63, 3.8) is 0 Å². The van der Waals surface area contributed by atoms with E-state index >= 15 is 0 Å². The van der Waals surface area contributed by atoms with Gasteiger partial charge in [-0.05, 0) is 47.9 Å². The molecular weight excluding hydrogens is 456 g/mol. The zero-order valence-electron chi connectivity index (χ0n) is 21.0. The van der Waals surface area contributed by atoms with E-state index in [4.69, 9.17) is 0 Å². The lowest BCUT2D eigenvalue weighted by atomic mass is 9.73. The maximum atomic E-state index is 11.6. The molecule has 184 valence electrons. The van der Waals surface area contributed by atoms with E-state index < -0.39 is 5.97 Å². The molecule has 0 bridgehead atoms. The average Bonchev–Trinajstić information content (AvgIpc) is 3.15. The number of allylic oxidation sites excluding steroid dienone is 2. The third-order valence-corrected chi connectivity index (χ3v) is 7.07. The highest BCUT2D eigenvalue weighted by atomic mass is 16.4. The van der Waals surface area contributed by atoms with E-state index in [2.05, 4.69) is 89.3 Å². The standard InChI is InChI=1S/C33H30N2O2/c1-33(24-25-12-4-2-5-13-25)30(18-10-11-22-34-27-15-6-3-7-16-27)35(23-21-31(36)37)29-20-19-26-14-8-9-17-28(26)32(29)33/h2-10,12-20,22H,11,21,23-24H2,1H3/p+1/b18-10+,34-22?. The summed E-state index contributed by atoms with van der Waals surface area (Å²) in [5.74, 6) is -0.794. The monoisotopic (exact) mass is 487 g/mol. The van der Waals surface area contributed by atoms with Crippen LogP contribution in [0.3, 0.4) is 0 Å². The Kier molecular flexibility index (Phi) is 7.09. The molecule has 4 heteroatoms. The second-order valence-corrected chi connectivity index (χ2v) is 9.64. The second kappa shape index (κ2) is 10.8. The molecule has 0 radical (unpaired) electrons. The molecule has 1 aliphatic rings. The summed E-state index contributed by atoms with van der Waals surface area (Å²) in [6.45, 7) is 2.71. The minimum Gasteiger partial charge on any atom is -0.481 e.